The third kappa shape index (κ3) is 2.67. The molecule has 0 radical (unpaired) electrons. The molecule has 0 spiro atoms. The molecule has 0 aliphatic carbocycles. The Labute approximate surface area is 158 Å². The Hall–Kier alpha value is -1.81. The zero-order valence-corrected chi connectivity index (χ0v) is 15.7. The quantitative estimate of drug-likeness (QED) is 0.471. The van der Waals surface area contributed by atoms with E-state index in [2.05, 4.69) is 4.98 Å². The Bertz CT molecular complexity index is 924. The first-order valence-corrected chi connectivity index (χ1v) is 9.87. The van der Waals surface area contributed by atoms with E-state index < -0.39 is 11.2 Å². The number of carbonyl (C=O) groups excluding carboxylic acids is 2. The average Bonchev–Trinajstić information content (AvgIpc) is 3.09. The first kappa shape index (κ1) is 16.6. The Morgan fingerprint density at radius 2 is 2.32 bits per heavy atom. The number of thioether (sulfide) groups is 1. The average molecular weight is 391 g/mol. The topological polar surface area (TPSA) is 80.2 Å². The number of nitrogens with zero attached hydrogens (tertiary/aromatic N) is 3. The number of hydrogen-bond acceptors (Lipinski definition) is 7. The van der Waals surface area contributed by atoms with E-state index in [4.69, 9.17) is 18.4 Å². The first-order valence-electron chi connectivity index (χ1n) is 7.53. The standard InChI is InChI=1S/C16H14N4O2S3/c1-19-4-2-3-8(5-19)10-7-24-13(18-10)9-6-25-15-11(17)14(21)20(15)12(9)16(22)23/h2-5,7,11,15H,6,17H2,1H3/t11-,15-/m1/s1. The number of fused-ring (bicyclic) bond motifs is 1. The number of aryl methyl sites for hydroxylation is 1. The van der Waals surface area contributed by atoms with Crippen LogP contribution in [0.2, 0.25) is 0 Å². The molecule has 2 aromatic heterocycles. The second-order valence-corrected chi connectivity index (χ2v) is 8.18. The van der Waals surface area contributed by atoms with Crippen molar-refractivity contribution in [2.45, 2.75) is 11.4 Å². The maximum atomic E-state index is 12.1. The summed E-state index contributed by atoms with van der Waals surface area (Å²) in [6.07, 6.45) is 3.93. The maximum Gasteiger partial charge on any atom is 0.248 e. The lowest BCUT2D eigenvalue weighted by Gasteiger charge is -2.49. The molecule has 2 aliphatic rings. The minimum Gasteiger partial charge on any atom is -0.735 e. The van der Waals surface area contributed by atoms with Gasteiger partial charge in [0, 0.05) is 22.8 Å². The highest BCUT2D eigenvalue weighted by Gasteiger charge is 2.50. The number of amides is 1. The smallest absolute Gasteiger partial charge is 0.248 e. The third-order valence-corrected chi connectivity index (χ3v) is 6.60. The van der Waals surface area contributed by atoms with Crippen LogP contribution in [0.4, 0.5) is 0 Å². The molecule has 25 heavy (non-hydrogen) atoms. The van der Waals surface area contributed by atoms with Gasteiger partial charge in [-0.3, -0.25) is 9.69 Å². The molecule has 2 aromatic rings. The van der Waals surface area contributed by atoms with Crippen LogP contribution in [0.3, 0.4) is 0 Å². The summed E-state index contributed by atoms with van der Waals surface area (Å²) >= 11 is 7.87. The van der Waals surface area contributed by atoms with E-state index in [1.54, 1.807) is 11.8 Å². The van der Waals surface area contributed by atoms with Crippen molar-refractivity contribution < 1.29 is 14.2 Å². The molecule has 128 valence electrons. The van der Waals surface area contributed by atoms with Crippen LogP contribution in [0.1, 0.15) is 5.01 Å². The molecular weight excluding hydrogens is 376 g/mol. The molecule has 2 aliphatic heterocycles. The number of nitrogens with two attached hydrogens (primary N) is 1. The van der Waals surface area contributed by atoms with Crippen molar-refractivity contribution in [2.75, 3.05) is 5.75 Å². The lowest BCUT2D eigenvalue weighted by molar-refractivity contribution is -0.671. The van der Waals surface area contributed by atoms with E-state index >= 15 is 0 Å². The Kier molecular flexibility index (Phi) is 4.11. The molecule has 9 heteroatoms. The van der Waals surface area contributed by atoms with Gasteiger partial charge in [-0.2, -0.15) is 0 Å². The summed E-state index contributed by atoms with van der Waals surface area (Å²) in [6, 6.07) is 3.37. The fourth-order valence-electron chi connectivity index (χ4n) is 2.95. The van der Waals surface area contributed by atoms with Gasteiger partial charge in [-0.25, -0.2) is 9.55 Å². The predicted octanol–water partition coefficient (Wildman–Crippen LogP) is 0.662. The largest absolute Gasteiger partial charge is 0.735 e. The van der Waals surface area contributed by atoms with Gasteiger partial charge in [0.15, 0.2) is 12.4 Å². The number of thiazole rings is 1. The van der Waals surface area contributed by atoms with Crippen LogP contribution in [0, 0.1) is 0 Å². The lowest BCUT2D eigenvalue weighted by atomic mass is 10.0. The fraction of sp³-hybridized carbons (Fsp3) is 0.250. The fourth-order valence-corrected chi connectivity index (χ4v) is 5.43. The monoisotopic (exact) mass is 390 g/mol. The number of rotatable bonds is 3. The third-order valence-electron chi connectivity index (χ3n) is 4.20. The Balaban J connectivity index is 1.76. The normalized spacial score (nSPS) is 22.6. The second kappa shape index (κ2) is 6.17. The van der Waals surface area contributed by atoms with Gasteiger partial charge >= 0.3 is 0 Å². The van der Waals surface area contributed by atoms with E-state index in [0.717, 1.165) is 16.8 Å². The number of carbonyl (C=O) groups is 2. The molecule has 4 rings (SSSR count). The van der Waals surface area contributed by atoms with Crippen LogP contribution in [-0.2, 0) is 29.3 Å². The molecule has 1 amide bonds. The molecule has 6 nitrogen and oxygen atoms in total. The van der Waals surface area contributed by atoms with Crippen molar-refractivity contribution in [3.8, 4) is 11.3 Å². The van der Waals surface area contributed by atoms with Crippen LogP contribution in [0.5, 0.6) is 0 Å². The van der Waals surface area contributed by atoms with Crippen LogP contribution < -0.4 is 10.3 Å². The second-order valence-electron chi connectivity index (χ2n) is 5.85. The van der Waals surface area contributed by atoms with Crippen molar-refractivity contribution in [1.82, 2.24) is 9.88 Å². The van der Waals surface area contributed by atoms with Gasteiger partial charge in [0.1, 0.15) is 23.5 Å². The number of β-lactam (4-membered cyclic amide) rings is 1. The molecule has 0 unspecified atom stereocenters. The van der Waals surface area contributed by atoms with Gasteiger partial charge < -0.3 is 23.2 Å². The van der Waals surface area contributed by atoms with E-state index in [0.29, 0.717) is 10.8 Å². The molecule has 4 heterocycles. The molecular formula is C16H14N4O2S3. The maximum absolute atomic E-state index is 12.1. The lowest BCUT2D eigenvalue weighted by Crippen LogP contribution is -2.68. The first-order chi connectivity index (χ1) is 12.0. The highest BCUT2D eigenvalue weighted by atomic mass is 32.2. The van der Waals surface area contributed by atoms with Gasteiger partial charge in [-0.05, 0) is 6.07 Å². The van der Waals surface area contributed by atoms with Crippen LogP contribution in [-0.4, -0.2) is 38.1 Å². The van der Waals surface area contributed by atoms with E-state index in [1.807, 2.05) is 41.5 Å². The highest BCUT2D eigenvalue weighted by Crippen LogP contribution is 2.43. The molecule has 1 saturated heterocycles. The number of pyridine rings is 1. The summed E-state index contributed by atoms with van der Waals surface area (Å²) in [5, 5.41) is 1.92. The van der Waals surface area contributed by atoms with Crippen molar-refractivity contribution in [1.29, 1.82) is 0 Å². The van der Waals surface area contributed by atoms with Gasteiger partial charge in [0.05, 0.1) is 22.1 Å². The van der Waals surface area contributed by atoms with E-state index in [9.17, 15) is 9.59 Å². The Morgan fingerprint density at radius 3 is 3.04 bits per heavy atom. The minimum absolute atomic E-state index is 0.203. The number of hydrogen-bond donors (Lipinski definition) is 1. The van der Waals surface area contributed by atoms with Crippen LogP contribution >= 0.6 is 23.1 Å². The van der Waals surface area contributed by atoms with E-state index in [1.165, 1.54) is 16.2 Å². The van der Waals surface area contributed by atoms with Gasteiger partial charge in [0.25, 0.3) is 0 Å². The van der Waals surface area contributed by atoms with Gasteiger partial charge in [-0.15, -0.1) is 23.1 Å². The summed E-state index contributed by atoms with van der Waals surface area (Å²) in [5.41, 5.74) is 8.63. The minimum atomic E-state index is -0.563. The Morgan fingerprint density at radius 1 is 1.52 bits per heavy atom. The summed E-state index contributed by atoms with van der Waals surface area (Å²) in [4.78, 5) is 30.2. The SMILES string of the molecule is C[n+]1cccc(-c2csc(C3=C(C(=O)[S-])N4C(=O)[C@@H](N)[C@H]4SC3)n2)c1. The van der Waals surface area contributed by atoms with Crippen molar-refractivity contribution in [2.24, 2.45) is 12.8 Å². The van der Waals surface area contributed by atoms with Gasteiger partial charge in [-0.1, -0.05) is 0 Å². The zero-order valence-electron chi connectivity index (χ0n) is 13.2. The summed E-state index contributed by atoms with van der Waals surface area (Å²) in [7, 11) is 1.95. The molecule has 0 bridgehead atoms. The molecule has 2 atom stereocenters. The molecule has 2 N–H and O–H groups in total. The molecule has 0 saturated carbocycles. The van der Waals surface area contributed by atoms with Crippen molar-refractivity contribution >= 4 is 52.3 Å². The summed E-state index contributed by atoms with van der Waals surface area (Å²) < 4.78 is 1.95. The summed E-state index contributed by atoms with van der Waals surface area (Å²) in [5.74, 6) is 0.310. The van der Waals surface area contributed by atoms with E-state index in [-0.39, 0.29) is 17.0 Å². The predicted molar refractivity (Wildman–Crippen MR) is 99.1 cm³/mol. The molecule has 0 aromatic carbocycles. The highest BCUT2D eigenvalue weighted by molar-refractivity contribution is 8.00. The van der Waals surface area contributed by atoms with Crippen molar-refractivity contribution in [3.05, 3.63) is 40.6 Å². The van der Waals surface area contributed by atoms with Crippen molar-refractivity contribution in [3.63, 3.8) is 0 Å². The number of aromatic nitrogens is 2. The van der Waals surface area contributed by atoms with Crippen LogP contribution in [0.25, 0.3) is 16.8 Å². The van der Waals surface area contributed by atoms with Gasteiger partial charge in [0.2, 0.25) is 5.91 Å². The van der Waals surface area contributed by atoms with Crippen LogP contribution in [0.15, 0.2) is 35.6 Å². The summed E-state index contributed by atoms with van der Waals surface area (Å²) in [6.45, 7) is 0. The molecule has 1 fully saturated rings. The zero-order chi connectivity index (χ0) is 17.7.